The highest BCUT2D eigenvalue weighted by Gasteiger charge is 2.27. The molecule has 0 saturated carbocycles. The first-order chi connectivity index (χ1) is 13.6. The van der Waals surface area contributed by atoms with Crippen molar-refractivity contribution in [3.8, 4) is 0 Å². The van der Waals surface area contributed by atoms with E-state index in [2.05, 4.69) is 11.8 Å². The lowest BCUT2D eigenvalue weighted by Crippen LogP contribution is -2.46. The third-order valence-corrected chi connectivity index (χ3v) is 6.81. The molecular weight excluding hydrogens is 352 g/mol. The van der Waals surface area contributed by atoms with E-state index < -0.39 is 0 Å². The van der Waals surface area contributed by atoms with E-state index in [-0.39, 0.29) is 17.4 Å². The van der Waals surface area contributed by atoms with Gasteiger partial charge in [0.1, 0.15) is 5.82 Å². The standard InChI is InChI=1S/C22H34N4O2/c1-17-8-12-25(13-9-17)22(28)16-24-10-5-6-18(15-24)19-14-21(27)26-11-4-2-3-7-20(26)23-19/h14,17-18H,2-13,15-16H2,1H3/t18-/m1/s1. The zero-order chi connectivity index (χ0) is 19.5. The second-order valence-electron chi connectivity index (χ2n) is 9.04. The molecule has 6 heteroatoms. The monoisotopic (exact) mass is 386 g/mol. The van der Waals surface area contributed by atoms with Gasteiger partial charge >= 0.3 is 0 Å². The number of likely N-dealkylation sites (tertiary alicyclic amines) is 2. The molecule has 2 fully saturated rings. The van der Waals surface area contributed by atoms with E-state index in [1.165, 1.54) is 6.42 Å². The van der Waals surface area contributed by atoms with Crippen LogP contribution in [0.15, 0.2) is 10.9 Å². The Morgan fingerprint density at radius 3 is 2.71 bits per heavy atom. The molecule has 1 amide bonds. The molecule has 3 aliphatic rings. The second-order valence-corrected chi connectivity index (χ2v) is 9.04. The van der Waals surface area contributed by atoms with Crippen LogP contribution >= 0.6 is 0 Å². The average Bonchev–Trinajstić information content (AvgIpc) is 2.94. The summed E-state index contributed by atoms with van der Waals surface area (Å²) in [6, 6.07) is 1.76. The van der Waals surface area contributed by atoms with Crippen LogP contribution in [0.25, 0.3) is 0 Å². The molecule has 0 aliphatic carbocycles. The Balaban J connectivity index is 1.41. The van der Waals surface area contributed by atoms with Gasteiger partial charge in [-0.15, -0.1) is 0 Å². The number of hydrogen-bond donors (Lipinski definition) is 0. The van der Waals surface area contributed by atoms with Crippen LogP contribution in [-0.4, -0.2) is 58.0 Å². The topological polar surface area (TPSA) is 58.4 Å². The number of carbonyl (C=O) groups is 1. The SMILES string of the molecule is CC1CCN(C(=O)CN2CCC[C@@H](c3cc(=O)n4c(n3)CCCCC4)C2)CC1. The molecule has 6 nitrogen and oxygen atoms in total. The van der Waals surface area contributed by atoms with Crippen molar-refractivity contribution >= 4 is 5.91 Å². The molecular formula is C22H34N4O2. The van der Waals surface area contributed by atoms with E-state index in [0.29, 0.717) is 6.54 Å². The molecule has 4 heterocycles. The average molecular weight is 387 g/mol. The van der Waals surface area contributed by atoms with Crippen molar-refractivity contribution in [2.24, 2.45) is 5.92 Å². The van der Waals surface area contributed by atoms with E-state index in [1.54, 1.807) is 6.07 Å². The van der Waals surface area contributed by atoms with E-state index in [1.807, 2.05) is 9.47 Å². The summed E-state index contributed by atoms with van der Waals surface area (Å²) in [6.45, 7) is 7.20. The second kappa shape index (κ2) is 8.76. The summed E-state index contributed by atoms with van der Waals surface area (Å²) in [7, 11) is 0. The Labute approximate surface area is 167 Å². The van der Waals surface area contributed by atoms with Crippen molar-refractivity contribution in [1.82, 2.24) is 19.4 Å². The molecule has 1 aromatic rings. The molecule has 0 radical (unpaired) electrons. The summed E-state index contributed by atoms with van der Waals surface area (Å²) < 4.78 is 1.87. The minimum atomic E-state index is 0.109. The van der Waals surface area contributed by atoms with Gasteiger partial charge in [-0.2, -0.15) is 0 Å². The van der Waals surface area contributed by atoms with Crippen molar-refractivity contribution < 1.29 is 4.79 Å². The minimum Gasteiger partial charge on any atom is -0.342 e. The first-order valence-electron chi connectivity index (χ1n) is 11.2. The van der Waals surface area contributed by atoms with Gasteiger partial charge in [0, 0.05) is 44.6 Å². The van der Waals surface area contributed by atoms with Crippen LogP contribution in [0.1, 0.15) is 69.3 Å². The predicted molar refractivity (Wildman–Crippen MR) is 109 cm³/mol. The summed E-state index contributed by atoms with van der Waals surface area (Å²) >= 11 is 0. The van der Waals surface area contributed by atoms with Crippen molar-refractivity contribution in [2.45, 2.75) is 70.8 Å². The van der Waals surface area contributed by atoms with Gasteiger partial charge in [0.2, 0.25) is 5.91 Å². The van der Waals surface area contributed by atoms with Crippen molar-refractivity contribution in [3.05, 3.63) is 27.9 Å². The summed E-state index contributed by atoms with van der Waals surface area (Å²) in [5.74, 6) is 2.24. The van der Waals surface area contributed by atoms with Crippen LogP contribution in [0.2, 0.25) is 0 Å². The number of fused-ring (bicyclic) bond motifs is 1. The highest BCUT2D eigenvalue weighted by molar-refractivity contribution is 5.78. The van der Waals surface area contributed by atoms with Gasteiger partial charge < -0.3 is 4.90 Å². The van der Waals surface area contributed by atoms with Crippen LogP contribution in [-0.2, 0) is 17.8 Å². The van der Waals surface area contributed by atoms with Gasteiger partial charge in [0.05, 0.1) is 12.2 Å². The molecule has 0 spiro atoms. The van der Waals surface area contributed by atoms with Gasteiger partial charge in [-0.1, -0.05) is 13.3 Å². The number of piperidine rings is 2. The maximum atomic E-state index is 12.7. The van der Waals surface area contributed by atoms with Crippen LogP contribution in [0.3, 0.4) is 0 Å². The summed E-state index contributed by atoms with van der Waals surface area (Å²) in [6.07, 6.45) is 8.64. The third-order valence-electron chi connectivity index (χ3n) is 6.81. The van der Waals surface area contributed by atoms with Crippen molar-refractivity contribution in [3.63, 3.8) is 0 Å². The summed E-state index contributed by atoms with van der Waals surface area (Å²) in [4.78, 5) is 34.6. The molecule has 4 rings (SSSR count). The van der Waals surface area contributed by atoms with Crippen LogP contribution in [0.4, 0.5) is 0 Å². The first-order valence-corrected chi connectivity index (χ1v) is 11.2. The number of nitrogens with zero attached hydrogens (tertiary/aromatic N) is 4. The Bertz CT molecular complexity index is 751. The number of carbonyl (C=O) groups excluding carboxylic acids is 1. The molecule has 0 unspecified atom stereocenters. The van der Waals surface area contributed by atoms with E-state index in [4.69, 9.17) is 4.98 Å². The normalized spacial score (nSPS) is 24.6. The highest BCUT2D eigenvalue weighted by atomic mass is 16.2. The fourth-order valence-corrected chi connectivity index (χ4v) is 4.93. The fourth-order valence-electron chi connectivity index (χ4n) is 4.93. The summed E-state index contributed by atoms with van der Waals surface area (Å²) in [5.41, 5.74) is 1.06. The Hall–Kier alpha value is -1.69. The molecule has 0 aromatic carbocycles. The molecule has 154 valence electrons. The van der Waals surface area contributed by atoms with Crippen LogP contribution < -0.4 is 5.56 Å². The summed E-state index contributed by atoms with van der Waals surface area (Å²) in [5, 5.41) is 0. The third kappa shape index (κ3) is 4.48. The van der Waals surface area contributed by atoms with Crippen LogP contribution in [0, 0.1) is 5.92 Å². The van der Waals surface area contributed by atoms with E-state index in [9.17, 15) is 9.59 Å². The van der Waals surface area contributed by atoms with Crippen molar-refractivity contribution in [1.29, 1.82) is 0 Å². The van der Waals surface area contributed by atoms with Gasteiger partial charge in [0.15, 0.2) is 0 Å². The molecule has 28 heavy (non-hydrogen) atoms. The Morgan fingerprint density at radius 1 is 1.07 bits per heavy atom. The zero-order valence-corrected chi connectivity index (χ0v) is 17.2. The highest BCUT2D eigenvalue weighted by Crippen LogP contribution is 2.26. The molecule has 2 saturated heterocycles. The van der Waals surface area contributed by atoms with E-state index >= 15 is 0 Å². The Morgan fingerprint density at radius 2 is 1.89 bits per heavy atom. The quantitative estimate of drug-likeness (QED) is 0.800. The predicted octanol–water partition coefficient (Wildman–Crippen LogP) is 2.41. The minimum absolute atomic E-state index is 0.109. The lowest BCUT2D eigenvalue weighted by Gasteiger charge is -2.35. The van der Waals surface area contributed by atoms with Crippen LogP contribution in [0.5, 0.6) is 0 Å². The molecule has 1 aromatic heterocycles. The zero-order valence-electron chi connectivity index (χ0n) is 17.2. The van der Waals surface area contributed by atoms with Gasteiger partial charge in [-0.05, 0) is 51.0 Å². The number of amides is 1. The van der Waals surface area contributed by atoms with E-state index in [0.717, 1.165) is 95.1 Å². The fraction of sp³-hybridized carbons (Fsp3) is 0.773. The van der Waals surface area contributed by atoms with Crippen molar-refractivity contribution in [2.75, 3.05) is 32.7 Å². The number of rotatable bonds is 3. The van der Waals surface area contributed by atoms with Gasteiger partial charge in [-0.3, -0.25) is 19.1 Å². The van der Waals surface area contributed by atoms with Gasteiger partial charge in [0.25, 0.3) is 5.56 Å². The maximum absolute atomic E-state index is 12.7. The lowest BCUT2D eigenvalue weighted by atomic mass is 9.94. The Kier molecular flexibility index (Phi) is 6.14. The lowest BCUT2D eigenvalue weighted by molar-refractivity contribution is -0.134. The maximum Gasteiger partial charge on any atom is 0.253 e. The molecule has 0 N–H and O–H groups in total. The largest absolute Gasteiger partial charge is 0.342 e. The first kappa shape index (κ1) is 19.6. The van der Waals surface area contributed by atoms with Gasteiger partial charge in [-0.25, -0.2) is 4.98 Å². The molecule has 0 bridgehead atoms. The number of hydrogen-bond acceptors (Lipinski definition) is 4. The molecule has 1 atom stereocenters. The number of aryl methyl sites for hydroxylation is 1. The smallest absolute Gasteiger partial charge is 0.253 e. The molecule has 3 aliphatic heterocycles. The number of aromatic nitrogens is 2.